The van der Waals surface area contributed by atoms with Gasteiger partial charge in [0.25, 0.3) is 0 Å². The number of nitrogens with zero attached hydrogens (tertiary/aromatic N) is 2. The van der Waals surface area contributed by atoms with Crippen LogP contribution >= 0.6 is 47.2 Å². The normalized spacial score (nSPS) is 10.9. The summed E-state index contributed by atoms with van der Waals surface area (Å²) in [6.45, 7) is 0. The summed E-state index contributed by atoms with van der Waals surface area (Å²) in [6.07, 6.45) is 0. The molecule has 0 bridgehead atoms. The third-order valence-electron chi connectivity index (χ3n) is 3.24. The second kappa shape index (κ2) is 7.53. The topological polar surface area (TPSA) is 33.6 Å². The highest BCUT2D eigenvalue weighted by Gasteiger charge is 2.12. The number of hydrogen-bond acceptors (Lipinski definition) is 3. The molecule has 0 atom stereocenters. The summed E-state index contributed by atoms with van der Waals surface area (Å²) in [7, 11) is 0. The van der Waals surface area contributed by atoms with Crippen molar-refractivity contribution in [1.29, 1.82) is 0 Å². The van der Waals surface area contributed by atoms with Gasteiger partial charge in [-0.25, -0.2) is 0 Å². The summed E-state index contributed by atoms with van der Waals surface area (Å²) in [4.78, 5) is 0. The van der Waals surface area contributed by atoms with E-state index in [-0.39, 0.29) is 0 Å². The smallest absolute Gasteiger partial charge is 0.199 e. The number of hydrogen-bond donors (Lipinski definition) is 1. The fourth-order valence-electron chi connectivity index (χ4n) is 2.17. The first-order valence-electron chi connectivity index (χ1n) is 6.88. The molecular weight excluding hydrogens is 369 g/mol. The molecule has 0 fully saturated rings. The van der Waals surface area contributed by atoms with E-state index in [0.29, 0.717) is 14.8 Å². The maximum absolute atomic E-state index is 6.29. The summed E-state index contributed by atoms with van der Waals surface area (Å²) >= 11 is 19.4. The van der Waals surface area contributed by atoms with Crippen LogP contribution in [0.15, 0.2) is 48.5 Å². The standard InChI is InChI=1S/C16H13Cl2N3S2/c17-12-6-7-14(13(18)8-12)21-15(19-20-16(21)22)10-23-9-11-4-2-1-3-5-11/h1-8H,9-10H2,(H,20,22). The van der Waals surface area contributed by atoms with Gasteiger partial charge in [0.1, 0.15) is 5.82 Å². The van der Waals surface area contributed by atoms with Crippen molar-refractivity contribution in [2.45, 2.75) is 11.5 Å². The van der Waals surface area contributed by atoms with Gasteiger partial charge >= 0.3 is 0 Å². The highest BCUT2D eigenvalue weighted by Crippen LogP contribution is 2.27. The van der Waals surface area contributed by atoms with Crippen LogP contribution in [0.4, 0.5) is 0 Å². The summed E-state index contributed by atoms with van der Waals surface area (Å²) in [6, 6.07) is 15.7. The predicted molar refractivity (Wildman–Crippen MR) is 100 cm³/mol. The Balaban J connectivity index is 1.80. The first kappa shape index (κ1) is 16.6. The van der Waals surface area contributed by atoms with Crippen LogP contribution in [-0.2, 0) is 11.5 Å². The van der Waals surface area contributed by atoms with Crippen molar-refractivity contribution < 1.29 is 0 Å². The van der Waals surface area contributed by atoms with E-state index in [1.54, 1.807) is 23.9 Å². The SMILES string of the molecule is S=c1[nH]nc(CSCc2ccccc2)n1-c1ccc(Cl)cc1Cl. The minimum Gasteiger partial charge on any atom is -0.270 e. The Kier molecular flexibility index (Phi) is 5.43. The molecule has 2 aromatic carbocycles. The number of halogens is 2. The van der Waals surface area contributed by atoms with Crippen LogP contribution in [0.25, 0.3) is 5.69 Å². The molecule has 0 aliphatic rings. The predicted octanol–water partition coefficient (Wildman–Crippen LogP) is 5.67. The number of aromatic nitrogens is 3. The summed E-state index contributed by atoms with van der Waals surface area (Å²) in [5, 5.41) is 8.29. The van der Waals surface area contributed by atoms with Crippen LogP contribution in [0.5, 0.6) is 0 Å². The van der Waals surface area contributed by atoms with Crippen molar-refractivity contribution in [3.63, 3.8) is 0 Å². The van der Waals surface area contributed by atoms with E-state index in [4.69, 9.17) is 35.4 Å². The number of rotatable bonds is 5. The Labute approximate surface area is 153 Å². The Morgan fingerprint density at radius 3 is 2.61 bits per heavy atom. The van der Waals surface area contributed by atoms with E-state index < -0.39 is 0 Å². The molecule has 23 heavy (non-hydrogen) atoms. The summed E-state index contributed by atoms with van der Waals surface area (Å²) in [5.74, 6) is 2.47. The van der Waals surface area contributed by atoms with E-state index in [1.165, 1.54) is 5.56 Å². The van der Waals surface area contributed by atoms with Gasteiger partial charge < -0.3 is 0 Å². The van der Waals surface area contributed by atoms with E-state index in [1.807, 2.05) is 28.8 Å². The van der Waals surface area contributed by atoms with Gasteiger partial charge in [0.05, 0.1) is 16.5 Å². The lowest BCUT2D eigenvalue weighted by molar-refractivity contribution is 0.949. The van der Waals surface area contributed by atoms with Gasteiger partial charge in [-0.15, -0.1) is 11.8 Å². The lowest BCUT2D eigenvalue weighted by Crippen LogP contribution is -2.01. The maximum Gasteiger partial charge on any atom is 0.199 e. The highest BCUT2D eigenvalue weighted by molar-refractivity contribution is 7.97. The van der Waals surface area contributed by atoms with Crippen LogP contribution < -0.4 is 0 Å². The zero-order valence-corrected chi connectivity index (χ0v) is 15.1. The summed E-state index contributed by atoms with van der Waals surface area (Å²) in [5.41, 5.74) is 2.06. The molecule has 1 aromatic heterocycles. The molecule has 3 nitrogen and oxygen atoms in total. The van der Waals surface area contributed by atoms with Crippen LogP contribution in [0.1, 0.15) is 11.4 Å². The van der Waals surface area contributed by atoms with Crippen LogP contribution in [0.2, 0.25) is 10.0 Å². The summed E-state index contributed by atoms with van der Waals surface area (Å²) < 4.78 is 2.37. The van der Waals surface area contributed by atoms with Crippen LogP contribution in [-0.4, -0.2) is 14.8 Å². The molecule has 0 aliphatic carbocycles. The largest absolute Gasteiger partial charge is 0.270 e. The van der Waals surface area contributed by atoms with Gasteiger partial charge in [0, 0.05) is 10.8 Å². The van der Waals surface area contributed by atoms with Crippen LogP contribution in [0, 0.1) is 4.77 Å². The van der Waals surface area contributed by atoms with Gasteiger partial charge in [0.15, 0.2) is 4.77 Å². The average molecular weight is 382 g/mol. The second-order valence-electron chi connectivity index (χ2n) is 4.85. The zero-order chi connectivity index (χ0) is 16.2. The van der Waals surface area contributed by atoms with Crippen molar-refractivity contribution in [2.75, 3.05) is 0 Å². The van der Waals surface area contributed by atoms with E-state index in [2.05, 4.69) is 22.3 Å². The molecule has 3 aromatic rings. The zero-order valence-electron chi connectivity index (χ0n) is 12.0. The monoisotopic (exact) mass is 381 g/mol. The van der Waals surface area contributed by atoms with Gasteiger partial charge in [0.2, 0.25) is 0 Å². The fraction of sp³-hybridized carbons (Fsp3) is 0.125. The second-order valence-corrected chi connectivity index (χ2v) is 7.07. The molecule has 118 valence electrons. The molecule has 0 aliphatic heterocycles. The lowest BCUT2D eigenvalue weighted by atomic mass is 10.2. The van der Waals surface area contributed by atoms with Gasteiger partial charge in [-0.2, -0.15) is 5.10 Å². The first-order valence-corrected chi connectivity index (χ1v) is 9.20. The van der Waals surface area contributed by atoms with Crippen molar-refractivity contribution in [1.82, 2.24) is 14.8 Å². The number of nitrogens with one attached hydrogen (secondary N) is 1. The Morgan fingerprint density at radius 2 is 1.87 bits per heavy atom. The van der Waals surface area contributed by atoms with E-state index in [9.17, 15) is 0 Å². The highest BCUT2D eigenvalue weighted by atomic mass is 35.5. The van der Waals surface area contributed by atoms with E-state index in [0.717, 1.165) is 23.0 Å². The van der Waals surface area contributed by atoms with Gasteiger partial charge in [-0.05, 0) is 36.0 Å². The van der Waals surface area contributed by atoms with Crippen LogP contribution in [0.3, 0.4) is 0 Å². The third kappa shape index (κ3) is 3.98. The molecule has 1 heterocycles. The number of aromatic amines is 1. The fourth-order valence-corrected chi connectivity index (χ4v) is 3.82. The molecule has 0 spiro atoms. The Morgan fingerprint density at radius 1 is 1.09 bits per heavy atom. The molecule has 0 radical (unpaired) electrons. The molecule has 7 heteroatoms. The molecule has 0 saturated carbocycles. The van der Waals surface area contributed by atoms with Gasteiger partial charge in [-0.1, -0.05) is 53.5 Å². The van der Waals surface area contributed by atoms with Crippen molar-refractivity contribution >= 4 is 47.2 Å². The van der Waals surface area contributed by atoms with Crippen molar-refractivity contribution in [3.8, 4) is 5.69 Å². The molecule has 1 N–H and O–H groups in total. The van der Waals surface area contributed by atoms with Gasteiger partial charge in [-0.3, -0.25) is 9.67 Å². The van der Waals surface area contributed by atoms with E-state index >= 15 is 0 Å². The minimum absolute atomic E-state index is 0.518. The number of benzene rings is 2. The molecule has 0 amide bonds. The Bertz CT molecular complexity index is 859. The lowest BCUT2D eigenvalue weighted by Gasteiger charge is -2.09. The molecule has 3 rings (SSSR count). The molecular formula is C16H13Cl2N3S2. The first-order chi connectivity index (χ1) is 11.1. The third-order valence-corrected chi connectivity index (χ3v) is 5.05. The number of thioether (sulfide) groups is 1. The molecule has 0 saturated heterocycles. The van der Waals surface area contributed by atoms with Crippen molar-refractivity contribution in [2.24, 2.45) is 0 Å². The number of H-pyrrole nitrogens is 1. The Hall–Kier alpha value is -1.27. The average Bonchev–Trinajstić information content (AvgIpc) is 2.90. The molecule has 0 unspecified atom stereocenters. The minimum atomic E-state index is 0.518. The maximum atomic E-state index is 6.29. The quantitative estimate of drug-likeness (QED) is 0.577. The van der Waals surface area contributed by atoms with Crippen molar-refractivity contribution in [3.05, 3.63) is 74.7 Å².